The highest BCUT2D eigenvalue weighted by molar-refractivity contribution is 7.99. The Morgan fingerprint density at radius 2 is 2.19 bits per heavy atom. The summed E-state index contributed by atoms with van der Waals surface area (Å²) in [6.45, 7) is 0. The minimum Gasteiger partial charge on any atom is -0.221 e. The number of fused-ring (bicyclic) bond motifs is 1. The third-order valence-electron chi connectivity index (χ3n) is 2.90. The Balaban J connectivity index is 1.97. The van der Waals surface area contributed by atoms with Crippen molar-refractivity contribution >= 4 is 29.0 Å². The van der Waals surface area contributed by atoms with E-state index in [0.29, 0.717) is 10.9 Å². The Hall–Kier alpha value is -0.740. The smallest absolute Gasteiger partial charge is 0.157 e. The molecular formula is C11H12ClN3S. The van der Waals surface area contributed by atoms with Crippen LogP contribution in [0.2, 0.25) is 5.02 Å². The van der Waals surface area contributed by atoms with Crippen LogP contribution in [-0.4, -0.2) is 26.1 Å². The second-order valence-electron chi connectivity index (χ2n) is 4.00. The van der Waals surface area contributed by atoms with Crippen molar-refractivity contribution in [2.45, 2.75) is 18.8 Å². The average molecular weight is 254 g/mol. The Bertz CT molecular complexity index is 505. The fraction of sp³-hybridized carbons (Fsp3) is 0.455. The minimum absolute atomic E-state index is 0.528. The van der Waals surface area contributed by atoms with Gasteiger partial charge in [0.05, 0.1) is 0 Å². The summed E-state index contributed by atoms with van der Waals surface area (Å²) in [5, 5.41) is 5.23. The van der Waals surface area contributed by atoms with E-state index in [1.54, 1.807) is 0 Å². The number of hydrogen-bond donors (Lipinski definition) is 0. The van der Waals surface area contributed by atoms with Crippen LogP contribution in [0.3, 0.4) is 0 Å². The number of pyridine rings is 1. The lowest BCUT2D eigenvalue weighted by molar-refractivity contribution is 0.598. The lowest BCUT2D eigenvalue weighted by Gasteiger charge is -2.17. The molecule has 16 heavy (non-hydrogen) atoms. The first kappa shape index (κ1) is 10.4. The van der Waals surface area contributed by atoms with Crippen LogP contribution in [0.15, 0.2) is 18.3 Å². The quantitative estimate of drug-likeness (QED) is 0.783. The molecule has 2 aromatic heterocycles. The third-order valence-corrected chi connectivity index (χ3v) is 4.19. The molecule has 2 aromatic rings. The number of aromatic nitrogens is 3. The molecule has 3 rings (SSSR count). The maximum Gasteiger partial charge on any atom is 0.157 e. The molecule has 5 heteroatoms. The van der Waals surface area contributed by atoms with Gasteiger partial charge in [-0.3, -0.25) is 0 Å². The van der Waals surface area contributed by atoms with Crippen molar-refractivity contribution in [1.82, 2.24) is 14.6 Å². The normalized spacial score (nSPS) is 18.1. The Morgan fingerprint density at radius 3 is 3.00 bits per heavy atom. The van der Waals surface area contributed by atoms with E-state index in [1.807, 2.05) is 34.6 Å². The SMILES string of the molecule is Clc1ccn2nc(C3CCSCC3)nc2c1. The predicted molar refractivity (Wildman–Crippen MR) is 67.3 cm³/mol. The molecule has 1 fully saturated rings. The molecule has 3 heterocycles. The molecule has 0 bridgehead atoms. The first-order valence-electron chi connectivity index (χ1n) is 5.42. The minimum atomic E-state index is 0.528. The highest BCUT2D eigenvalue weighted by Gasteiger charge is 2.20. The van der Waals surface area contributed by atoms with Gasteiger partial charge in [-0.2, -0.15) is 16.9 Å². The van der Waals surface area contributed by atoms with E-state index < -0.39 is 0 Å². The van der Waals surface area contributed by atoms with Crippen LogP contribution >= 0.6 is 23.4 Å². The molecular weight excluding hydrogens is 242 g/mol. The molecule has 0 N–H and O–H groups in total. The zero-order chi connectivity index (χ0) is 11.0. The van der Waals surface area contributed by atoms with Gasteiger partial charge in [-0.25, -0.2) is 9.50 Å². The highest BCUT2D eigenvalue weighted by atomic mass is 35.5. The highest BCUT2D eigenvalue weighted by Crippen LogP contribution is 2.29. The molecule has 1 aliphatic heterocycles. The van der Waals surface area contributed by atoms with Crippen LogP contribution < -0.4 is 0 Å². The van der Waals surface area contributed by atoms with Crippen LogP contribution in [0.1, 0.15) is 24.6 Å². The summed E-state index contributed by atoms with van der Waals surface area (Å²) in [4.78, 5) is 4.56. The van der Waals surface area contributed by atoms with E-state index in [2.05, 4.69) is 10.1 Å². The summed E-state index contributed by atoms with van der Waals surface area (Å²) in [7, 11) is 0. The molecule has 0 amide bonds. The third kappa shape index (κ3) is 1.92. The lowest BCUT2D eigenvalue weighted by atomic mass is 10.0. The van der Waals surface area contributed by atoms with Crippen molar-refractivity contribution in [3.05, 3.63) is 29.2 Å². The van der Waals surface area contributed by atoms with E-state index in [9.17, 15) is 0 Å². The van der Waals surface area contributed by atoms with Gasteiger partial charge in [-0.05, 0) is 30.4 Å². The molecule has 0 radical (unpaired) electrons. The molecule has 84 valence electrons. The summed E-state index contributed by atoms with van der Waals surface area (Å²) >= 11 is 7.95. The molecule has 1 aliphatic rings. The molecule has 0 aromatic carbocycles. The Morgan fingerprint density at radius 1 is 1.38 bits per heavy atom. The molecule has 1 saturated heterocycles. The van der Waals surface area contributed by atoms with E-state index in [1.165, 1.54) is 24.3 Å². The molecule has 0 spiro atoms. The van der Waals surface area contributed by atoms with Crippen molar-refractivity contribution in [3.8, 4) is 0 Å². The lowest BCUT2D eigenvalue weighted by Crippen LogP contribution is -2.09. The fourth-order valence-electron chi connectivity index (χ4n) is 2.00. The van der Waals surface area contributed by atoms with Gasteiger partial charge in [0, 0.05) is 23.2 Å². The van der Waals surface area contributed by atoms with E-state index in [0.717, 1.165) is 11.5 Å². The number of thioether (sulfide) groups is 1. The van der Waals surface area contributed by atoms with Crippen molar-refractivity contribution in [2.75, 3.05) is 11.5 Å². The monoisotopic (exact) mass is 253 g/mol. The maximum atomic E-state index is 5.93. The molecule has 3 nitrogen and oxygen atoms in total. The largest absolute Gasteiger partial charge is 0.221 e. The molecule has 0 saturated carbocycles. The number of hydrogen-bond acceptors (Lipinski definition) is 3. The van der Waals surface area contributed by atoms with Crippen LogP contribution in [0.25, 0.3) is 5.65 Å². The van der Waals surface area contributed by atoms with E-state index in [-0.39, 0.29) is 0 Å². The van der Waals surface area contributed by atoms with Crippen molar-refractivity contribution in [1.29, 1.82) is 0 Å². The van der Waals surface area contributed by atoms with Gasteiger partial charge in [0.1, 0.15) is 0 Å². The Labute approximate surface area is 103 Å². The maximum absolute atomic E-state index is 5.93. The van der Waals surface area contributed by atoms with Gasteiger partial charge < -0.3 is 0 Å². The second kappa shape index (κ2) is 4.26. The van der Waals surface area contributed by atoms with Crippen molar-refractivity contribution in [3.63, 3.8) is 0 Å². The zero-order valence-corrected chi connectivity index (χ0v) is 10.3. The summed E-state index contributed by atoms with van der Waals surface area (Å²) in [6, 6.07) is 3.69. The molecule has 0 aliphatic carbocycles. The topological polar surface area (TPSA) is 30.2 Å². The van der Waals surface area contributed by atoms with Crippen LogP contribution in [0.4, 0.5) is 0 Å². The molecule has 0 unspecified atom stereocenters. The predicted octanol–water partition coefficient (Wildman–Crippen LogP) is 2.99. The fourth-order valence-corrected chi connectivity index (χ4v) is 3.26. The summed E-state index contributed by atoms with van der Waals surface area (Å²) < 4.78 is 1.81. The van der Waals surface area contributed by atoms with Gasteiger partial charge in [-0.15, -0.1) is 0 Å². The van der Waals surface area contributed by atoms with E-state index >= 15 is 0 Å². The summed E-state index contributed by atoms with van der Waals surface area (Å²) in [5.74, 6) is 3.95. The number of nitrogens with zero attached hydrogens (tertiary/aromatic N) is 3. The van der Waals surface area contributed by atoms with Gasteiger partial charge in [-0.1, -0.05) is 11.6 Å². The first-order valence-corrected chi connectivity index (χ1v) is 6.96. The zero-order valence-electron chi connectivity index (χ0n) is 8.77. The summed E-state index contributed by atoms with van der Waals surface area (Å²) in [5.41, 5.74) is 0.848. The number of halogens is 1. The second-order valence-corrected chi connectivity index (χ2v) is 5.67. The Kier molecular flexibility index (Phi) is 2.77. The molecule has 0 atom stereocenters. The van der Waals surface area contributed by atoms with Crippen LogP contribution in [0, 0.1) is 0 Å². The van der Waals surface area contributed by atoms with Gasteiger partial charge in [0.25, 0.3) is 0 Å². The van der Waals surface area contributed by atoms with Gasteiger partial charge in [0.2, 0.25) is 0 Å². The van der Waals surface area contributed by atoms with Crippen LogP contribution in [-0.2, 0) is 0 Å². The van der Waals surface area contributed by atoms with E-state index in [4.69, 9.17) is 11.6 Å². The van der Waals surface area contributed by atoms with Gasteiger partial charge in [0.15, 0.2) is 11.5 Å². The van der Waals surface area contributed by atoms with Gasteiger partial charge >= 0.3 is 0 Å². The average Bonchev–Trinajstić information content (AvgIpc) is 2.73. The van der Waals surface area contributed by atoms with Crippen LogP contribution in [0.5, 0.6) is 0 Å². The standard InChI is InChI=1S/C11H12ClN3S/c12-9-1-4-15-10(7-9)13-11(14-15)8-2-5-16-6-3-8/h1,4,7-8H,2-3,5-6H2. The number of rotatable bonds is 1. The first-order chi connectivity index (χ1) is 7.83. The summed E-state index contributed by atoms with van der Waals surface area (Å²) in [6.07, 6.45) is 4.25. The van der Waals surface area contributed by atoms with Crippen molar-refractivity contribution in [2.24, 2.45) is 0 Å². The van der Waals surface area contributed by atoms with Crippen molar-refractivity contribution < 1.29 is 0 Å².